The number of carbonyl (C=O) groups excluding carboxylic acids is 2. The number of aryl methyl sites for hydroxylation is 1. The average molecular weight is 374 g/mol. The number of ether oxygens (including phenoxy) is 2. The average Bonchev–Trinajstić information content (AvgIpc) is 3.42. The van der Waals surface area contributed by atoms with Gasteiger partial charge in [0.15, 0.2) is 5.79 Å². The van der Waals surface area contributed by atoms with Crippen molar-refractivity contribution >= 4 is 11.8 Å². The Balaban J connectivity index is 1.31. The molecule has 3 fully saturated rings. The Morgan fingerprint density at radius 3 is 2.48 bits per heavy atom. The summed E-state index contributed by atoms with van der Waals surface area (Å²) in [4.78, 5) is 37.4. The summed E-state index contributed by atoms with van der Waals surface area (Å²) in [6, 6.07) is 0.221. The molecule has 1 aromatic rings. The first-order valence-corrected chi connectivity index (χ1v) is 9.72. The van der Waals surface area contributed by atoms with E-state index >= 15 is 0 Å². The summed E-state index contributed by atoms with van der Waals surface area (Å²) in [7, 11) is 0. The fourth-order valence-corrected chi connectivity index (χ4v) is 3.74. The number of piperidine rings is 1. The summed E-state index contributed by atoms with van der Waals surface area (Å²) < 4.78 is 11.4. The lowest BCUT2D eigenvalue weighted by atomic mass is 10.0. The minimum Gasteiger partial charge on any atom is -0.347 e. The quantitative estimate of drug-likeness (QED) is 0.769. The molecule has 0 bridgehead atoms. The summed E-state index contributed by atoms with van der Waals surface area (Å²) in [5, 5.41) is 0. The molecule has 0 radical (unpaired) electrons. The molecule has 2 aliphatic heterocycles. The van der Waals surface area contributed by atoms with Crippen LogP contribution >= 0.6 is 0 Å². The van der Waals surface area contributed by atoms with E-state index in [0.29, 0.717) is 57.8 Å². The molecule has 2 amide bonds. The Bertz CT molecular complexity index is 688. The third-order valence-corrected chi connectivity index (χ3v) is 5.51. The minimum atomic E-state index is -0.475. The highest BCUT2D eigenvalue weighted by Crippen LogP contribution is 2.32. The maximum atomic E-state index is 12.8. The zero-order chi connectivity index (χ0) is 18.9. The number of rotatable bonds is 5. The van der Waals surface area contributed by atoms with Crippen molar-refractivity contribution in [3.05, 3.63) is 23.8 Å². The number of aromatic nitrogens is 2. The summed E-state index contributed by atoms with van der Waals surface area (Å²) in [6.45, 7) is 4.80. The highest BCUT2D eigenvalue weighted by molar-refractivity contribution is 5.92. The molecule has 0 atom stereocenters. The van der Waals surface area contributed by atoms with Crippen LogP contribution in [0.4, 0.5) is 0 Å². The van der Waals surface area contributed by atoms with E-state index in [9.17, 15) is 9.59 Å². The van der Waals surface area contributed by atoms with Gasteiger partial charge in [0.1, 0.15) is 5.69 Å². The lowest BCUT2D eigenvalue weighted by molar-refractivity contribution is -0.187. The molecule has 0 unspecified atom stereocenters. The summed E-state index contributed by atoms with van der Waals surface area (Å²) >= 11 is 0. The molecule has 27 heavy (non-hydrogen) atoms. The zero-order valence-corrected chi connectivity index (χ0v) is 15.7. The van der Waals surface area contributed by atoms with Crippen LogP contribution in [0.5, 0.6) is 0 Å². The van der Waals surface area contributed by atoms with Gasteiger partial charge in [0.25, 0.3) is 5.91 Å². The van der Waals surface area contributed by atoms with Gasteiger partial charge in [0.05, 0.1) is 25.1 Å². The molecule has 1 saturated carbocycles. The van der Waals surface area contributed by atoms with E-state index < -0.39 is 5.79 Å². The lowest BCUT2D eigenvalue weighted by Gasteiger charge is -2.37. The van der Waals surface area contributed by atoms with E-state index in [2.05, 4.69) is 9.97 Å². The molecule has 1 aromatic heterocycles. The summed E-state index contributed by atoms with van der Waals surface area (Å²) in [5.74, 6) is -0.531. The molecule has 1 aliphatic carbocycles. The van der Waals surface area contributed by atoms with Gasteiger partial charge in [-0.15, -0.1) is 0 Å². The SMILES string of the molecule is Cc1cnc(C(=O)N(CCC(=O)N2CCC3(CC2)OCCO3)C2CC2)cn1. The van der Waals surface area contributed by atoms with Crippen molar-refractivity contribution in [1.29, 1.82) is 0 Å². The van der Waals surface area contributed by atoms with Crippen LogP contribution in [0.15, 0.2) is 12.4 Å². The van der Waals surface area contributed by atoms with Gasteiger partial charge in [-0.2, -0.15) is 0 Å². The van der Waals surface area contributed by atoms with Crippen molar-refractivity contribution in [2.45, 2.75) is 50.9 Å². The van der Waals surface area contributed by atoms with E-state index in [1.807, 2.05) is 11.8 Å². The number of hydrogen-bond donors (Lipinski definition) is 0. The van der Waals surface area contributed by atoms with Gasteiger partial charge < -0.3 is 19.3 Å². The van der Waals surface area contributed by atoms with Crippen molar-refractivity contribution < 1.29 is 19.1 Å². The van der Waals surface area contributed by atoms with Gasteiger partial charge in [-0.05, 0) is 19.8 Å². The van der Waals surface area contributed by atoms with E-state index in [0.717, 1.165) is 18.5 Å². The number of hydrogen-bond acceptors (Lipinski definition) is 6. The van der Waals surface area contributed by atoms with Gasteiger partial charge in [0.2, 0.25) is 5.91 Å². The molecule has 8 heteroatoms. The van der Waals surface area contributed by atoms with Crippen molar-refractivity contribution in [1.82, 2.24) is 19.8 Å². The van der Waals surface area contributed by atoms with Crippen LogP contribution < -0.4 is 0 Å². The normalized spacial score (nSPS) is 21.4. The minimum absolute atomic E-state index is 0.0799. The molecule has 146 valence electrons. The molecule has 3 heterocycles. The third kappa shape index (κ3) is 4.11. The second kappa shape index (κ2) is 7.52. The maximum Gasteiger partial charge on any atom is 0.274 e. The molecule has 2 saturated heterocycles. The van der Waals surface area contributed by atoms with Crippen molar-refractivity contribution in [3.63, 3.8) is 0 Å². The smallest absolute Gasteiger partial charge is 0.274 e. The predicted molar refractivity (Wildman–Crippen MR) is 95.9 cm³/mol. The summed E-state index contributed by atoms with van der Waals surface area (Å²) in [5.41, 5.74) is 1.12. The zero-order valence-electron chi connectivity index (χ0n) is 15.7. The monoisotopic (exact) mass is 374 g/mol. The second-order valence-corrected chi connectivity index (χ2v) is 7.51. The molecule has 0 aromatic carbocycles. The van der Waals surface area contributed by atoms with Gasteiger partial charge in [-0.1, -0.05) is 0 Å². The first-order chi connectivity index (χ1) is 13.1. The lowest BCUT2D eigenvalue weighted by Crippen LogP contribution is -2.48. The van der Waals surface area contributed by atoms with Crippen molar-refractivity contribution in [2.24, 2.45) is 0 Å². The maximum absolute atomic E-state index is 12.8. The Morgan fingerprint density at radius 1 is 1.19 bits per heavy atom. The van der Waals surface area contributed by atoms with Crippen molar-refractivity contribution in [3.8, 4) is 0 Å². The number of carbonyl (C=O) groups is 2. The van der Waals surface area contributed by atoms with Crippen LogP contribution in [0.2, 0.25) is 0 Å². The number of likely N-dealkylation sites (tertiary alicyclic amines) is 1. The second-order valence-electron chi connectivity index (χ2n) is 7.51. The Kier molecular flexibility index (Phi) is 5.10. The Labute approximate surface area is 158 Å². The molecule has 1 spiro atoms. The Hall–Kier alpha value is -2.06. The van der Waals surface area contributed by atoms with Crippen LogP contribution in [0.3, 0.4) is 0 Å². The summed E-state index contributed by atoms with van der Waals surface area (Å²) in [6.07, 6.45) is 6.84. The first-order valence-electron chi connectivity index (χ1n) is 9.72. The largest absolute Gasteiger partial charge is 0.347 e. The van der Waals surface area contributed by atoms with E-state index in [4.69, 9.17) is 9.47 Å². The number of amides is 2. The predicted octanol–water partition coefficient (Wildman–Crippen LogP) is 1.15. The standard InChI is InChI=1S/C19H26N4O4/c1-14-12-21-16(13-20-14)18(25)23(15-2-3-15)7-4-17(24)22-8-5-19(6-9-22)26-10-11-27-19/h12-13,15H,2-11H2,1H3. The van der Waals surface area contributed by atoms with E-state index in [1.165, 1.54) is 6.20 Å². The molecule has 0 N–H and O–H groups in total. The van der Waals surface area contributed by atoms with Crippen LogP contribution in [-0.4, -0.2) is 76.3 Å². The van der Waals surface area contributed by atoms with Crippen LogP contribution in [0, 0.1) is 6.92 Å². The highest BCUT2D eigenvalue weighted by Gasteiger charge is 2.41. The highest BCUT2D eigenvalue weighted by atomic mass is 16.7. The van der Waals surface area contributed by atoms with Gasteiger partial charge in [-0.3, -0.25) is 14.6 Å². The van der Waals surface area contributed by atoms with E-state index in [1.54, 1.807) is 11.1 Å². The molecule has 8 nitrogen and oxygen atoms in total. The van der Waals surface area contributed by atoms with Gasteiger partial charge in [0, 0.05) is 51.1 Å². The van der Waals surface area contributed by atoms with E-state index in [-0.39, 0.29) is 17.9 Å². The fourth-order valence-electron chi connectivity index (χ4n) is 3.74. The van der Waals surface area contributed by atoms with Crippen LogP contribution in [0.25, 0.3) is 0 Å². The van der Waals surface area contributed by atoms with Crippen LogP contribution in [-0.2, 0) is 14.3 Å². The molecule has 4 rings (SSSR count). The molecular formula is C19H26N4O4. The van der Waals surface area contributed by atoms with Gasteiger partial charge >= 0.3 is 0 Å². The van der Waals surface area contributed by atoms with Gasteiger partial charge in [-0.25, -0.2) is 4.98 Å². The van der Waals surface area contributed by atoms with Crippen molar-refractivity contribution in [2.75, 3.05) is 32.8 Å². The fraction of sp³-hybridized carbons (Fsp3) is 0.684. The third-order valence-electron chi connectivity index (χ3n) is 5.51. The topological polar surface area (TPSA) is 84.9 Å². The first kappa shape index (κ1) is 18.3. The van der Waals surface area contributed by atoms with Crippen LogP contribution in [0.1, 0.15) is 48.3 Å². The Morgan fingerprint density at radius 2 is 1.89 bits per heavy atom. The molecule has 3 aliphatic rings. The molecular weight excluding hydrogens is 348 g/mol. The number of nitrogens with zero attached hydrogens (tertiary/aromatic N) is 4.